The van der Waals surface area contributed by atoms with Crippen LogP contribution in [0.5, 0.6) is 11.5 Å². The zero-order chi connectivity index (χ0) is 20.5. The number of amides is 2. The Morgan fingerprint density at radius 2 is 1.75 bits per heavy atom. The van der Waals surface area contributed by atoms with Gasteiger partial charge in [-0.1, -0.05) is 12.1 Å². The first-order chi connectivity index (χ1) is 13.4. The highest BCUT2D eigenvalue weighted by atomic mass is 16.5. The standard InChI is InChI=1S/C21H25N3O4/c1-14-6-5-7-16(12-14)22-20(25)10-11-21(26)24-23-15(2)18-9-8-17(27-3)13-19(18)28-4/h5-9,12-13H,10-11H2,1-4H3,(H,22,25)(H,24,26)/b23-15-. The number of methoxy groups -OCH3 is 2. The summed E-state index contributed by atoms with van der Waals surface area (Å²) in [6, 6.07) is 12.8. The fraction of sp³-hybridized carbons (Fsp3) is 0.286. The second-order valence-electron chi connectivity index (χ2n) is 6.22. The third-order valence-corrected chi connectivity index (χ3v) is 4.03. The Hall–Kier alpha value is -3.35. The first kappa shape index (κ1) is 21.0. The fourth-order valence-corrected chi connectivity index (χ4v) is 2.53. The molecule has 0 heterocycles. The van der Waals surface area contributed by atoms with Gasteiger partial charge < -0.3 is 14.8 Å². The van der Waals surface area contributed by atoms with Crippen LogP contribution in [0.2, 0.25) is 0 Å². The molecule has 2 aromatic carbocycles. The number of benzene rings is 2. The minimum atomic E-state index is -0.341. The second-order valence-corrected chi connectivity index (χ2v) is 6.22. The van der Waals surface area contributed by atoms with E-state index < -0.39 is 0 Å². The minimum absolute atomic E-state index is 0.0359. The van der Waals surface area contributed by atoms with E-state index in [0.717, 1.165) is 11.1 Å². The summed E-state index contributed by atoms with van der Waals surface area (Å²) in [5.41, 5.74) is 5.55. The summed E-state index contributed by atoms with van der Waals surface area (Å²) in [4.78, 5) is 24.0. The van der Waals surface area contributed by atoms with E-state index in [1.807, 2.05) is 25.1 Å². The molecule has 7 heteroatoms. The van der Waals surface area contributed by atoms with Crippen molar-refractivity contribution in [3.05, 3.63) is 53.6 Å². The number of nitrogens with one attached hydrogen (secondary N) is 2. The topological polar surface area (TPSA) is 89.0 Å². The zero-order valence-electron chi connectivity index (χ0n) is 16.5. The van der Waals surface area contributed by atoms with Crippen LogP contribution >= 0.6 is 0 Å². The molecule has 0 unspecified atom stereocenters. The van der Waals surface area contributed by atoms with E-state index in [1.54, 1.807) is 45.4 Å². The maximum Gasteiger partial charge on any atom is 0.240 e. The van der Waals surface area contributed by atoms with E-state index >= 15 is 0 Å². The van der Waals surface area contributed by atoms with E-state index in [1.165, 1.54) is 0 Å². The summed E-state index contributed by atoms with van der Waals surface area (Å²) in [6.07, 6.45) is 0.106. The lowest BCUT2D eigenvalue weighted by atomic mass is 10.1. The van der Waals surface area contributed by atoms with E-state index in [-0.39, 0.29) is 24.7 Å². The van der Waals surface area contributed by atoms with Crippen molar-refractivity contribution in [2.75, 3.05) is 19.5 Å². The van der Waals surface area contributed by atoms with E-state index in [2.05, 4.69) is 15.8 Å². The first-order valence-corrected chi connectivity index (χ1v) is 8.85. The summed E-state index contributed by atoms with van der Waals surface area (Å²) >= 11 is 0. The molecule has 2 rings (SSSR count). The minimum Gasteiger partial charge on any atom is -0.497 e. The van der Waals surface area contributed by atoms with Crippen molar-refractivity contribution in [2.45, 2.75) is 26.7 Å². The Labute approximate surface area is 164 Å². The van der Waals surface area contributed by atoms with Crippen LogP contribution in [0.3, 0.4) is 0 Å². The normalized spacial score (nSPS) is 10.9. The Balaban J connectivity index is 1.88. The van der Waals surface area contributed by atoms with Crippen LogP contribution in [0.4, 0.5) is 5.69 Å². The van der Waals surface area contributed by atoms with Gasteiger partial charge in [0.25, 0.3) is 0 Å². The molecule has 0 saturated heterocycles. The maximum absolute atomic E-state index is 12.0. The molecule has 28 heavy (non-hydrogen) atoms. The largest absolute Gasteiger partial charge is 0.497 e. The van der Waals surface area contributed by atoms with E-state index in [4.69, 9.17) is 9.47 Å². The van der Waals surface area contributed by atoms with Crippen molar-refractivity contribution in [1.82, 2.24) is 5.43 Å². The van der Waals surface area contributed by atoms with Gasteiger partial charge in [0.05, 0.1) is 19.9 Å². The number of hydrazone groups is 1. The van der Waals surface area contributed by atoms with Crippen molar-refractivity contribution in [3.63, 3.8) is 0 Å². The molecule has 0 spiro atoms. The number of rotatable bonds is 8. The Morgan fingerprint density at radius 3 is 2.43 bits per heavy atom. The second kappa shape index (κ2) is 10.1. The first-order valence-electron chi connectivity index (χ1n) is 8.85. The monoisotopic (exact) mass is 383 g/mol. The Bertz CT molecular complexity index is 878. The molecular formula is C21H25N3O4. The number of ether oxygens (including phenoxy) is 2. The predicted octanol–water partition coefficient (Wildman–Crippen LogP) is 3.27. The number of carbonyl (C=O) groups is 2. The molecule has 7 nitrogen and oxygen atoms in total. The number of hydrogen-bond acceptors (Lipinski definition) is 5. The predicted molar refractivity (Wildman–Crippen MR) is 109 cm³/mol. The molecule has 0 saturated carbocycles. The smallest absolute Gasteiger partial charge is 0.240 e. The Morgan fingerprint density at radius 1 is 1.00 bits per heavy atom. The fourth-order valence-electron chi connectivity index (χ4n) is 2.53. The van der Waals surface area contributed by atoms with Gasteiger partial charge in [-0.05, 0) is 43.7 Å². The van der Waals surface area contributed by atoms with E-state index in [9.17, 15) is 9.59 Å². The molecule has 0 atom stereocenters. The van der Waals surface area contributed by atoms with Crippen molar-refractivity contribution >= 4 is 23.2 Å². The average molecular weight is 383 g/mol. The van der Waals surface area contributed by atoms with Gasteiger partial charge in [-0.3, -0.25) is 9.59 Å². The van der Waals surface area contributed by atoms with Gasteiger partial charge in [-0.2, -0.15) is 5.10 Å². The Kier molecular flexibility index (Phi) is 7.56. The van der Waals surface area contributed by atoms with Crippen molar-refractivity contribution < 1.29 is 19.1 Å². The molecule has 2 amide bonds. The highest BCUT2D eigenvalue weighted by Gasteiger charge is 2.10. The quantitative estimate of drug-likeness (QED) is 0.541. The average Bonchev–Trinajstić information content (AvgIpc) is 2.69. The molecule has 0 aliphatic rings. The lowest BCUT2D eigenvalue weighted by Gasteiger charge is -2.10. The van der Waals surface area contributed by atoms with Gasteiger partial charge >= 0.3 is 0 Å². The van der Waals surface area contributed by atoms with Crippen molar-refractivity contribution in [2.24, 2.45) is 5.10 Å². The van der Waals surface area contributed by atoms with Gasteiger partial charge in [0.1, 0.15) is 11.5 Å². The molecule has 0 radical (unpaired) electrons. The lowest BCUT2D eigenvalue weighted by Crippen LogP contribution is -2.22. The number of aryl methyl sites for hydroxylation is 1. The molecule has 148 valence electrons. The molecule has 0 bridgehead atoms. The van der Waals surface area contributed by atoms with Gasteiger partial charge in [0.2, 0.25) is 11.8 Å². The third kappa shape index (κ3) is 6.12. The molecule has 0 fully saturated rings. The number of anilines is 1. The van der Waals surface area contributed by atoms with Crippen LogP contribution in [0.1, 0.15) is 30.9 Å². The van der Waals surface area contributed by atoms with Crippen LogP contribution in [-0.4, -0.2) is 31.7 Å². The van der Waals surface area contributed by atoms with Crippen LogP contribution in [0, 0.1) is 6.92 Å². The van der Waals surface area contributed by atoms with E-state index in [0.29, 0.717) is 22.9 Å². The van der Waals surface area contributed by atoms with Crippen molar-refractivity contribution in [1.29, 1.82) is 0 Å². The van der Waals surface area contributed by atoms with Gasteiger partial charge in [0, 0.05) is 30.2 Å². The molecule has 0 aliphatic heterocycles. The summed E-state index contributed by atoms with van der Waals surface area (Å²) in [5.74, 6) is 0.689. The van der Waals surface area contributed by atoms with Crippen LogP contribution in [0.15, 0.2) is 47.6 Å². The summed E-state index contributed by atoms with van der Waals surface area (Å²) in [7, 11) is 3.13. The zero-order valence-corrected chi connectivity index (χ0v) is 16.5. The number of nitrogens with zero attached hydrogens (tertiary/aromatic N) is 1. The van der Waals surface area contributed by atoms with Gasteiger partial charge in [0.15, 0.2) is 0 Å². The van der Waals surface area contributed by atoms with Crippen molar-refractivity contribution in [3.8, 4) is 11.5 Å². The molecule has 0 aliphatic carbocycles. The molecule has 2 N–H and O–H groups in total. The molecule has 0 aromatic heterocycles. The number of hydrogen-bond donors (Lipinski definition) is 2. The van der Waals surface area contributed by atoms with Crippen LogP contribution in [0.25, 0.3) is 0 Å². The van der Waals surface area contributed by atoms with Gasteiger partial charge in [-0.15, -0.1) is 0 Å². The summed E-state index contributed by atoms with van der Waals surface area (Å²) in [6.45, 7) is 3.70. The SMILES string of the molecule is COc1ccc(/C(C)=N\NC(=O)CCC(=O)Nc2cccc(C)c2)c(OC)c1. The lowest BCUT2D eigenvalue weighted by molar-refractivity contribution is -0.124. The van der Waals surface area contributed by atoms with Gasteiger partial charge in [-0.25, -0.2) is 5.43 Å². The number of carbonyl (C=O) groups excluding carboxylic acids is 2. The molecular weight excluding hydrogens is 358 g/mol. The summed E-state index contributed by atoms with van der Waals surface area (Å²) in [5, 5.41) is 6.87. The highest BCUT2D eigenvalue weighted by molar-refractivity contribution is 6.02. The maximum atomic E-state index is 12.0. The van der Waals surface area contributed by atoms with Crippen LogP contribution in [-0.2, 0) is 9.59 Å². The third-order valence-electron chi connectivity index (χ3n) is 4.03. The highest BCUT2D eigenvalue weighted by Crippen LogP contribution is 2.25. The summed E-state index contributed by atoms with van der Waals surface area (Å²) < 4.78 is 10.5. The van der Waals surface area contributed by atoms with Crippen LogP contribution < -0.4 is 20.2 Å². The molecule has 2 aromatic rings.